The molecule has 0 saturated heterocycles. The molecule has 1 heterocycles. The van der Waals surface area contributed by atoms with Gasteiger partial charge in [-0.1, -0.05) is 11.6 Å². The largest absolute Gasteiger partial charge is 0.493 e. The van der Waals surface area contributed by atoms with E-state index < -0.39 is 11.2 Å². The summed E-state index contributed by atoms with van der Waals surface area (Å²) in [6.45, 7) is 0. The van der Waals surface area contributed by atoms with Gasteiger partial charge in [-0.2, -0.15) is 0 Å². The van der Waals surface area contributed by atoms with Crippen LogP contribution in [-0.4, -0.2) is 23.4 Å². The Kier molecular flexibility index (Phi) is 4.09. The number of hydrogen-bond acceptors (Lipinski definition) is 4. The first-order valence-electron chi connectivity index (χ1n) is 6.10. The van der Waals surface area contributed by atoms with E-state index in [4.69, 9.17) is 21.1 Å². The van der Waals surface area contributed by atoms with Crippen molar-refractivity contribution in [3.8, 4) is 22.8 Å². The van der Waals surface area contributed by atoms with Gasteiger partial charge in [-0.15, -0.1) is 0 Å². The van der Waals surface area contributed by atoms with Crippen LogP contribution in [0.3, 0.4) is 0 Å². The van der Waals surface area contributed by atoms with Crippen molar-refractivity contribution >= 4 is 11.6 Å². The standard InChI is InChI=1S/C14H15ClN2O4/c1-16-12(11(15)13(18)17(2)14(16)19)8-5-6-9(20-3)10(7-8)21-4/h5-7H,1-4H3. The summed E-state index contributed by atoms with van der Waals surface area (Å²) in [5, 5.41) is -0.0215. The molecule has 0 N–H and O–H groups in total. The lowest BCUT2D eigenvalue weighted by atomic mass is 10.1. The molecule has 112 valence electrons. The Morgan fingerprint density at radius 2 is 1.62 bits per heavy atom. The molecule has 0 fully saturated rings. The Balaban J connectivity index is 2.80. The normalized spacial score (nSPS) is 10.5. The fraction of sp³-hybridized carbons (Fsp3) is 0.286. The summed E-state index contributed by atoms with van der Waals surface area (Å²) in [6, 6.07) is 5.06. The van der Waals surface area contributed by atoms with Crippen molar-refractivity contribution in [1.82, 2.24) is 9.13 Å². The number of rotatable bonds is 3. The van der Waals surface area contributed by atoms with Crippen molar-refractivity contribution in [2.45, 2.75) is 0 Å². The fourth-order valence-electron chi connectivity index (χ4n) is 2.11. The summed E-state index contributed by atoms with van der Waals surface area (Å²) in [4.78, 5) is 24.0. The number of methoxy groups -OCH3 is 2. The van der Waals surface area contributed by atoms with Crippen LogP contribution in [0.2, 0.25) is 5.02 Å². The van der Waals surface area contributed by atoms with Crippen molar-refractivity contribution in [3.63, 3.8) is 0 Å². The number of halogens is 1. The molecular weight excluding hydrogens is 296 g/mol. The van der Waals surface area contributed by atoms with Gasteiger partial charge >= 0.3 is 5.69 Å². The van der Waals surface area contributed by atoms with Crippen LogP contribution in [0, 0.1) is 0 Å². The molecule has 0 saturated carbocycles. The van der Waals surface area contributed by atoms with Gasteiger partial charge in [0.15, 0.2) is 11.5 Å². The van der Waals surface area contributed by atoms with Crippen molar-refractivity contribution in [1.29, 1.82) is 0 Å². The zero-order chi connectivity index (χ0) is 15.7. The van der Waals surface area contributed by atoms with E-state index >= 15 is 0 Å². The minimum Gasteiger partial charge on any atom is -0.493 e. The lowest BCUT2D eigenvalue weighted by Crippen LogP contribution is -2.38. The summed E-state index contributed by atoms with van der Waals surface area (Å²) in [5.41, 5.74) is -0.0561. The van der Waals surface area contributed by atoms with Crippen LogP contribution in [0.25, 0.3) is 11.3 Å². The molecule has 0 radical (unpaired) electrons. The molecule has 0 spiro atoms. The van der Waals surface area contributed by atoms with Gasteiger partial charge in [0.25, 0.3) is 5.56 Å². The lowest BCUT2D eigenvalue weighted by Gasteiger charge is -2.14. The van der Waals surface area contributed by atoms with E-state index in [1.54, 1.807) is 25.2 Å². The SMILES string of the molecule is COc1ccc(-c2c(Cl)c(=O)n(C)c(=O)n2C)cc1OC. The van der Waals surface area contributed by atoms with E-state index in [0.29, 0.717) is 22.8 Å². The Morgan fingerprint density at radius 1 is 1.00 bits per heavy atom. The lowest BCUT2D eigenvalue weighted by molar-refractivity contribution is 0.355. The number of hydrogen-bond donors (Lipinski definition) is 0. The average molecular weight is 311 g/mol. The van der Waals surface area contributed by atoms with Gasteiger partial charge in [0, 0.05) is 19.7 Å². The third kappa shape index (κ3) is 2.42. The highest BCUT2D eigenvalue weighted by Crippen LogP contribution is 2.33. The van der Waals surface area contributed by atoms with Crippen LogP contribution < -0.4 is 20.7 Å². The van der Waals surface area contributed by atoms with Gasteiger partial charge in [-0.25, -0.2) is 4.79 Å². The molecule has 2 rings (SSSR count). The molecule has 21 heavy (non-hydrogen) atoms. The van der Waals surface area contributed by atoms with E-state index in [2.05, 4.69) is 0 Å². The third-order valence-electron chi connectivity index (χ3n) is 3.27. The predicted octanol–water partition coefficient (Wildman–Crippen LogP) is 1.42. The number of benzene rings is 1. The maximum Gasteiger partial charge on any atom is 0.331 e. The third-order valence-corrected chi connectivity index (χ3v) is 3.61. The second kappa shape index (κ2) is 5.65. The van der Waals surface area contributed by atoms with Crippen molar-refractivity contribution < 1.29 is 9.47 Å². The second-order valence-corrected chi connectivity index (χ2v) is 4.82. The van der Waals surface area contributed by atoms with Gasteiger partial charge in [0.05, 0.1) is 19.9 Å². The van der Waals surface area contributed by atoms with Gasteiger partial charge in [0.1, 0.15) is 5.02 Å². The summed E-state index contributed by atoms with van der Waals surface area (Å²) < 4.78 is 12.7. The first kappa shape index (κ1) is 15.2. The second-order valence-electron chi connectivity index (χ2n) is 4.44. The first-order valence-corrected chi connectivity index (χ1v) is 6.48. The zero-order valence-corrected chi connectivity index (χ0v) is 12.9. The van der Waals surface area contributed by atoms with Crippen LogP contribution in [0.15, 0.2) is 27.8 Å². The van der Waals surface area contributed by atoms with Crippen LogP contribution in [-0.2, 0) is 14.1 Å². The molecule has 0 atom stereocenters. The van der Waals surface area contributed by atoms with E-state index in [-0.39, 0.29) is 5.02 Å². The Morgan fingerprint density at radius 3 is 2.19 bits per heavy atom. The molecule has 0 unspecified atom stereocenters. The Labute approximate surface area is 126 Å². The molecule has 1 aromatic heterocycles. The minimum absolute atomic E-state index is 0.0215. The maximum absolute atomic E-state index is 12.0. The predicted molar refractivity (Wildman–Crippen MR) is 80.5 cm³/mol. The number of nitrogens with zero attached hydrogens (tertiary/aromatic N) is 2. The highest BCUT2D eigenvalue weighted by molar-refractivity contribution is 6.32. The topological polar surface area (TPSA) is 62.5 Å². The molecule has 0 aliphatic carbocycles. The Bertz CT molecular complexity index is 771. The monoisotopic (exact) mass is 310 g/mol. The summed E-state index contributed by atoms with van der Waals surface area (Å²) in [6.07, 6.45) is 0. The van der Waals surface area contributed by atoms with Crippen LogP contribution in [0.1, 0.15) is 0 Å². The maximum atomic E-state index is 12.0. The van der Waals surface area contributed by atoms with Crippen LogP contribution in [0.4, 0.5) is 0 Å². The molecular formula is C14H15ClN2O4. The molecule has 0 bridgehead atoms. The average Bonchev–Trinajstić information content (AvgIpc) is 2.51. The first-order chi connectivity index (χ1) is 9.92. The van der Waals surface area contributed by atoms with E-state index in [9.17, 15) is 9.59 Å². The highest BCUT2D eigenvalue weighted by atomic mass is 35.5. The van der Waals surface area contributed by atoms with E-state index in [1.807, 2.05) is 0 Å². The molecule has 6 nitrogen and oxygen atoms in total. The number of aromatic nitrogens is 2. The molecule has 0 amide bonds. The van der Waals surface area contributed by atoms with E-state index in [1.165, 1.54) is 25.8 Å². The van der Waals surface area contributed by atoms with Gasteiger partial charge in [-0.05, 0) is 18.2 Å². The van der Waals surface area contributed by atoms with E-state index in [0.717, 1.165) is 4.57 Å². The molecule has 2 aromatic rings. The van der Waals surface area contributed by atoms with Crippen molar-refractivity contribution in [3.05, 3.63) is 44.1 Å². The minimum atomic E-state index is -0.537. The molecule has 0 aliphatic heterocycles. The smallest absolute Gasteiger partial charge is 0.331 e. The summed E-state index contributed by atoms with van der Waals surface area (Å²) in [5.74, 6) is 1.03. The Hall–Kier alpha value is -2.21. The molecule has 7 heteroatoms. The molecule has 0 aliphatic rings. The highest BCUT2D eigenvalue weighted by Gasteiger charge is 2.17. The summed E-state index contributed by atoms with van der Waals surface area (Å²) >= 11 is 6.11. The van der Waals surface area contributed by atoms with Crippen LogP contribution in [0.5, 0.6) is 11.5 Å². The van der Waals surface area contributed by atoms with Gasteiger partial charge in [0.2, 0.25) is 0 Å². The van der Waals surface area contributed by atoms with Gasteiger partial charge < -0.3 is 9.47 Å². The molecule has 1 aromatic carbocycles. The number of ether oxygens (including phenoxy) is 2. The zero-order valence-electron chi connectivity index (χ0n) is 12.1. The summed E-state index contributed by atoms with van der Waals surface area (Å²) in [7, 11) is 5.97. The van der Waals surface area contributed by atoms with Crippen molar-refractivity contribution in [2.75, 3.05) is 14.2 Å². The quantitative estimate of drug-likeness (QED) is 0.860. The fourth-order valence-corrected chi connectivity index (χ4v) is 2.47. The van der Waals surface area contributed by atoms with Crippen molar-refractivity contribution in [2.24, 2.45) is 14.1 Å². The van der Waals surface area contributed by atoms with Gasteiger partial charge in [-0.3, -0.25) is 13.9 Å². The van der Waals surface area contributed by atoms with Crippen LogP contribution >= 0.6 is 11.6 Å².